The van der Waals surface area contributed by atoms with Crippen molar-refractivity contribution in [2.24, 2.45) is 0 Å². The Kier molecular flexibility index (Phi) is 3.48. The van der Waals surface area contributed by atoms with Crippen molar-refractivity contribution in [2.45, 2.75) is 32.9 Å². The van der Waals surface area contributed by atoms with E-state index in [1.54, 1.807) is 0 Å². The van der Waals surface area contributed by atoms with Crippen LogP contribution in [0.15, 0.2) is 24.3 Å². The molecule has 0 radical (unpaired) electrons. The van der Waals surface area contributed by atoms with Crippen LogP contribution < -0.4 is 5.32 Å². The molecule has 2 rings (SSSR count). The van der Waals surface area contributed by atoms with Crippen molar-refractivity contribution >= 4 is 5.84 Å². The molecule has 1 aliphatic rings. The molecule has 2 N–H and O–H groups in total. The van der Waals surface area contributed by atoms with Crippen LogP contribution in [0.5, 0.6) is 0 Å². The molecule has 1 aromatic carbocycles. The third-order valence-electron chi connectivity index (χ3n) is 3.20. The van der Waals surface area contributed by atoms with Crippen LogP contribution in [-0.2, 0) is 0 Å². The fraction of sp³-hybridized carbons (Fsp3) is 0.500. The smallest absolute Gasteiger partial charge is 0.128 e. The van der Waals surface area contributed by atoms with E-state index in [-0.39, 0.29) is 0 Å². The van der Waals surface area contributed by atoms with E-state index in [9.17, 15) is 0 Å². The van der Waals surface area contributed by atoms with Crippen LogP contribution in [0.4, 0.5) is 0 Å². The van der Waals surface area contributed by atoms with Crippen LogP contribution in [0.1, 0.15) is 25.0 Å². The number of piperazine rings is 1. The van der Waals surface area contributed by atoms with E-state index >= 15 is 0 Å². The molecule has 3 heteroatoms. The second-order valence-corrected chi connectivity index (χ2v) is 5.09. The number of hydrogen-bond donors (Lipinski definition) is 2. The molecule has 0 saturated carbocycles. The number of aryl methyl sites for hydroxylation is 1. The number of rotatable bonds is 1. The first-order valence-electron chi connectivity index (χ1n) is 6.23. The fourth-order valence-electron chi connectivity index (χ4n) is 2.40. The maximum absolute atomic E-state index is 8.27. The number of amidine groups is 1. The van der Waals surface area contributed by atoms with Crippen molar-refractivity contribution in [3.8, 4) is 0 Å². The summed E-state index contributed by atoms with van der Waals surface area (Å²) in [5.74, 6) is 0.644. The zero-order chi connectivity index (χ0) is 12.4. The summed E-state index contributed by atoms with van der Waals surface area (Å²) in [5.41, 5.74) is 2.25. The molecule has 1 saturated heterocycles. The lowest BCUT2D eigenvalue weighted by molar-refractivity contribution is 0.254. The molecule has 17 heavy (non-hydrogen) atoms. The third kappa shape index (κ3) is 2.86. The van der Waals surface area contributed by atoms with Gasteiger partial charge >= 0.3 is 0 Å². The van der Waals surface area contributed by atoms with Crippen LogP contribution in [0.2, 0.25) is 0 Å². The van der Waals surface area contributed by atoms with Crippen LogP contribution in [0, 0.1) is 12.3 Å². The predicted octanol–water partition coefficient (Wildman–Crippen LogP) is 2.00. The van der Waals surface area contributed by atoms with E-state index < -0.39 is 0 Å². The minimum Gasteiger partial charge on any atom is -0.353 e. The van der Waals surface area contributed by atoms with Gasteiger partial charge in [-0.05, 0) is 20.8 Å². The molecular formula is C14H21N3. The highest BCUT2D eigenvalue weighted by atomic mass is 15.2. The van der Waals surface area contributed by atoms with Gasteiger partial charge in [-0.3, -0.25) is 5.41 Å². The highest BCUT2D eigenvalue weighted by molar-refractivity contribution is 5.96. The predicted molar refractivity (Wildman–Crippen MR) is 71.6 cm³/mol. The summed E-state index contributed by atoms with van der Waals surface area (Å²) >= 11 is 0. The second kappa shape index (κ2) is 4.88. The Morgan fingerprint density at radius 3 is 2.24 bits per heavy atom. The van der Waals surface area contributed by atoms with Gasteiger partial charge in [0.05, 0.1) is 0 Å². The monoisotopic (exact) mass is 231 g/mol. The van der Waals surface area contributed by atoms with Crippen molar-refractivity contribution in [1.29, 1.82) is 5.41 Å². The fourth-order valence-corrected chi connectivity index (χ4v) is 2.40. The summed E-state index contributed by atoms with van der Waals surface area (Å²) in [7, 11) is 0. The molecule has 1 aromatic rings. The molecular weight excluding hydrogens is 210 g/mol. The average Bonchev–Trinajstić information content (AvgIpc) is 2.28. The van der Waals surface area contributed by atoms with Gasteiger partial charge in [-0.1, -0.05) is 29.8 Å². The van der Waals surface area contributed by atoms with Gasteiger partial charge in [0.2, 0.25) is 0 Å². The van der Waals surface area contributed by atoms with Gasteiger partial charge in [-0.2, -0.15) is 0 Å². The molecule has 1 aliphatic heterocycles. The molecule has 2 unspecified atom stereocenters. The summed E-state index contributed by atoms with van der Waals surface area (Å²) in [6.07, 6.45) is 0. The first-order valence-corrected chi connectivity index (χ1v) is 6.23. The SMILES string of the molecule is Cc1ccc(C(=N)N2CC(C)NC(C)C2)cc1. The van der Waals surface area contributed by atoms with Crippen molar-refractivity contribution in [1.82, 2.24) is 10.2 Å². The highest BCUT2D eigenvalue weighted by Crippen LogP contribution is 2.11. The summed E-state index contributed by atoms with van der Waals surface area (Å²) < 4.78 is 0. The van der Waals surface area contributed by atoms with E-state index in [0.29, 0.717) is 17.9 Å². The minimum atomic E-state index is 0.449. The van der Waals surface area contributed by atoms with E-state index in [1.807, 2.05) is 12.1 Å². The van der Waals surface area contributed by atoms with Gasteiger partial charge in [-0.25, -0.2) is 0 Å². The number of nitrogens with zero attached hydrogens (tertiary/aromatic N) is 1. The Balaban J connectivity index is 2.11. The lowest BCUT2D eigenvalue weighted by atomic mass is 10.1. The standard InChI is InChI=1S/C14H21N3/c1-10-4-6-13(7-5-10)14(15)17-8-11(2)16-12(3)9-17/h4-7,11-12,15-16H,8-9H2,1-3H3. The summed E-state index contributed by atoms with van der Waals surface area (Å²) in [5, 5.41) is 11.8. The van der Waals surface area contributed by atoms with Crippen LogP contribution in [0.25, 0.3) is 0 Å². The average molecular weight is 231 g/mol. The zero-order valence-electron chi connectivity index (χ0n) is 10.8. The molecule has 2 atom stereocenters. The van der Waals surface area contributed by atoms with Crippen LogP contribution in [-0.4, -0.2) is 35.9 Å². The largest absolute Gasteiger partial charge is 0.353 e. The Bertz CT molecular complexity index is 386. The summed E-state index contributed by atoms with van der Waals surface area (Å²) in [4.78, 5) is 2.16. The minimum absolute atomic E-state index is 0.449. The molecule has 1 heterocycles. The molecule has 0 aromatic heterocycles. The van der Waals surface area contributed by atoms with E-state index in [4.69, 9.17) is 5.41 Å². The van der Waals surface area contributed by atoms with Crippen LogP contribution in [0.3, 0.4) is 0 Å². The first-order chi connectivity index (χ1) is 8.06. The molecule has 1 fully saturated rings. The zero-order valence-corrected chi connectivity index (χ0v) is 10.8. The molecule has 0 amide bonds. The van der Waals surface area contributed by atoms with Gasteiger partial charge in [0.25, 0.3) is 0 Å². The van der Waals surface area contributed by atoms with Gasteiger partial charge in [0.1, 0.15) is 5.84 Å². The van der Waals surface area contributed by atoms with Crippen molar-refractivity contribution in [3.63, 3.8) is 0 Å². The van der Waals surface area contributed by atoms with Crippen molar-refractivity contribution < 1.29 is 0 Å². The third-order valence-corrected chi connectivity index (χ3v) is 3.20. The van der Waals surface area contributed by atoms with Gasteiger partial charge in [0.15, 0.2) is 0 Å². The van der Waals surface area contributed by atoms with E-state index in [2.05, 4.69) is 43.1 Å². The van der Waals surface area contributed by atoms with Crippen LogP contribution >= 0.6 is 0 Å². The highest BCUT2D eigenvalue weighted by Gasteiger charge is 2.23. The molecule has 0 aliphatic carbocycles. The normalized spacial score (nSPS) is 24.8. The molecule has 92 valence electrons. The van der Waals surface area contributed by atoms with Gasteiger partial charge in [-0.15, -0.1) is 0 Å². The van der Waals surface area contributed by atoms with Crippen molar-refractivity contribution in [3.05, 3.63) is 35.4 Å². The van der Waals surface area contributed by atoms with Gasteiger partial charge in [0, 0.05) is 30.7 Å². The Morgan fingerprint density at radius 2 is 1.71 bits per heavy atom. The number of hydrogen-bond acceptors (Lipinski definition) is 2. The Hall–Kier alpha value is -1.35. The summed E-state index contributed by atoms with van der Waals surface area (Å²) in [6.45, 7) is 8.24. The molecule has 3 nitrogen and oxygen atoms in total. The maximum Gasteiger partial charge on any atom is 0.128 e. The van der Waals surface area contributed by atoms with Gasteiger partial charge < -0.3 is 10.2 Å². The second-order valence-electron chi connectivity index (χ2n) is 5.09. The quantitative estimate of drug-likeness (QED) is 0.573. The first kappa shape index (κ1) is 12.1. The topological polar surface area (TPSA) is 39.1 Å². The molecule has 0 bridgehead atoms. The maximum atomic E-state index is 8.27. The van der Waals surface area contributed by atoms with E-state index in [1.165, 1.54) is 5.56 Å². The molecule has 0 spiro atoms. The number of nitrogens with one attached hydrogen (secondary N) is 2. The number of benzene rings is 1. The lowest BCUT2D eigenvalue weighted by Gasteiger charge is -2.37. The summed E-state index contributed by atoms with van der Waals surface area (Å²) in [6, 6.07) is 9.11. The Labute approximate surface area is 103 Å². The lowest BCUT2D eigenvalue weighted by Crippen LogP contribution is -2.55. The van der Waals surface area contributed by atoms with Crippen molar-refractivity contribution in [2.75, 3.05) is 13.1 Å². The Morgan fingerprint density at radius 1 is 1.18 bits per heavy atom. The van der Waals surface area contributed by atoms with E-state index in [0.717, 1.165) is 18.7 Å².